The van der Waals surface area contributed by atoms with Crippen LogP contribution in [0.25, 0.3) is 0 Å². The quantitative estimate of drug-likeness (QED) is 0.761. The molecule has 0 aliphatic carbocycles. The van der Waals surface area contributed by atoms with Crippen molar-refractivity contribution >= 4 is 40.3 Å². The van der Waals surface area contributed by atoms with Gasteiger partial charge in [0.25, 0.3) is 0 Å². The molecule has 2 aromatic rings. The molecular formula is C15H13ClF2N2OS. The fourth-order valence-electron chi connectivity index (χ4n) is 1.79. The summed E-state index contributed by atoms with van der Waals surface area (Å²) in [6.07, 6.45) is 0. The largest absolute Gasteiger partial charge is 0.433 e. The maximum absolute atomic E-state index is 12.4. The average molecular weight is 343 g/mol. The van der Waals surface area contributed by atoms with Gasteiger partial charge < -0.3 is 15.4 Å². The van der Waals surface area contributed by atoms with Crippen LogP contribution in [0.1, 0.15) is 5.56 Å². The number of hydrogen-bond acceptors (Lipinski definition) is 2. The summed E-state index contributed by atoms with van der Waals surface area (Å²) >= 11 is 11.2. The number of rotatable bonds is 4. The second-order valence-corrected chi connectivity index (χ2v) is 5.18. The number of anilines is 2. The van der Waals surface area contributed by atoms with Crippen molar-refractivity contribution in [2.24, 2.45) is 0 Å². The second kappa shape index (κ2) is 7.38. The van der Waals surface area contributed by atoms with Crippen LogP contribution in [0.5, 0.6) is 5.75 Å². The Morgan fingerprint density at radius 1 is 1.09 bits per heavy atom. The van der Waals surface area contributed by atoms with Crippen molar-refractivity contribution in [1.29, 1.82) is 0 Å². The molecule has 0 aromatic heterocycles. The molecule has 22 heavy (non-hydrogen) atoms. The van der Waals surface area contributed by atoms with Gasteiger partial charge in [0, 0.05) is 10.7 Å². The third-order valence-electron chi connectivity index (χ3n) is 2.87. The van der Waals surface area contributed by atoms with E-state index in [0.29, 0.717) is 10.7 Å². The first kappa shape index (κ1) is 16.5. The van der Waals surface area contributed by atoms with E-state index in [4.69, 9.17) is 23.8 Å². The number of benzene rings is 2. The lowest BCUT2D eigenvalue weighted by atomic mass is 10.2. The van der Waals surface area contributed by atoms with E-state index in [9.17, 15) is 8.78 Å². The van der Waals surface area contributed by atoms with E-state index in [1.54, 1.807) is 30.3 Å². The molecule has 7 heteroatoms. The number of ether oxygens (including phenoxy) is 1. The molecule has 2 aromatic carbocycles. The molecule has 0 aliphatic heterocycles. The van der Waals surface area contributed by atoms with E-state index in [-0.39, 0.29) is 10.9 Å². The zero-order valence-electron chi connectivity index (χ0n) is 11.6. The molecule has 0 fully saturated rings. The lowest BCUT2D eigenvalue weighted by molar-refractivity contribution is -0.0493. The Kier molecular flexibility index (Phi) is 5.51. The molecule has 0 amide bonds. The highest BCUT2D eigenvalue weighted by atomic mass is 35.5. The predicted molar refractivity (Wildman–Crippen MR) is 89.1 cm³/mol. The van der Waals surface area contributed by atoms with Crippen molar-refractivity contribution in [3.63, 3.8) is 0 Å². The van der Waals surface area contributed by atoms with Crippen molar-refractivity contribution in [1.82, 2.24) is 0 Å². The van der Waals surface area contributed by atoms with Crippen molar-refractivity contribution in [2.75, 3.05) is 10.6 Å². The van der Waals surface area contributed by atoms with E-state index in [0.717, 1.165) is 11.3 Å². The summed E-state index contributed by atoms with van der Waals surface area (Å²) < 4.78 is 29.2. The SMILES string of the molecule is Cc1c(Cl)cccc1NC(=S)Nc1ccccc1OC(F)F. The van der Waals surface area contributed by atoms with Crippen LogP contribution >= 0.6 is 23.8 Å². The van der Waals surface area contributed by atoms with Crippen LogP contribution in [0.3, 0.4) is 0 Å². The Morgan fingerprint density at radius 2 is 1.73 bits per heavy atom. The van der Waals surface area contributed by atoms with Gasteiger partial charge in [-0.1, -0.05) is 29.8 Å². The molecule has 0 bridgehead atoms. The second-order valence-electron chi connectivity index (χ2n) is 4.37. The van der Waals surface area contributed by atoms with Gasteiger partial charge in [-0.15, -0.1) is 0 Å². The van der Waals surface area contributed by atoms with Crippen LogP contribution in [0.2, 0.25) is 5.02 Å². The van der Waals surface area contributed by atoms with Crippen molar-refractivity contribution in [3.05, 3.63) is 53.1 Å². The Balaban J connectivity index is 2.11. The lowest BCUT2D eigenvalue weighted by Crippen LogP contribution is -2.20. The molecule has 0 heterocycles. The first-order valence-electron chi connectivity index (χ1n) is 6.34. The number of alkyl halides is 2. The molecule has 2 rings (SSSR count). The van der Waals surface area contributed by atoms with Gasteiger partial charge in [-0.2, -0.15) is 8.78 Å². The Morgan fingerprint density at radius 3 is 2.45 bits per heavy atom. The van der Waals surface area contributed by atoms with Crippen molar-refractivity contribution in [2.45, 2.75) is 13.5 Å². The van der Waals surface area contributed by atoms with Gasteiger partial charge in [-0.05, 0) is 49.0 Å². The fourth-order valence-corrected chi connectivity index (χ4v) is 2.18. The molecular weight excluding hydrogens is 330 g/mol. The fraction of sp³-hybridized carbons (Fsp3) is 0.133. The summed E-state index contributed by atoms with van der Waals surface area (Å²) in [7, 11) is 0. The van der Waals surface area contributed by atoms with Crippen LogP contribution in [0, 0.1) is 6.92 Å². The van der Waals surface area contributed by atoms with Gasteiger partial charge in [0.1, 0.15) is 5.75 Å². The molecule has 0 aliphatic rings. The monoisotopic (exact) mass is 342 g/mol. The number of hydrogen-bond donors (Lipinski definition) is 2. The van der Waals surface area contributed by atoms with Crippen LogP contribution < -0.4 is 15.4 Å². The maximum Gasteiger partial charge on any atom is 0.387 e. The highest BCUT2D eigenvalue weighted by Crippen LogP contribution is 2.27. The molecule has 0 atom stereocenters. The van der Waals surface area contributed by atoms with Gasteiger partial charge in [-0.3, -0.25) is 0 Å². The summed E-state index contributed by atoms with van der Waals surface area (Å²) in [6.45, 7) is -1.05. The minimum atomic E-state index is -2.90. The number of para-hydroxylation sites is 2. The van der Waals surface area contributed by atoms with Gasteiger partial charge in [0.15, 0.2) is 5.11 Å². The average Bonchev–Trinajstić information content (AvgIpc) is 2.45. The van der Waals surface area contributed by atoms with Crippen LogP contribution in [0.15, 0.2) is 42.5 Å². The summed E-state index contributed by atoms with van der Waals surface area (Å²) in [4.78, 5) is 0. The summed E-state index contributed by atoms with van der Waals surface area (Å²) in [6, 6.07) is 11.7. The molecule has 0 saturated heterocycles. The molecule has 3 nitrogen and oxygen atoms in total. The lowest BCUT2D eigenvalue weighted by Gasteiger charge is -2.15. The first-order valence-corrected chi connectivity index (χ1v) is 7.13. The highest BCUT2D eigenvalue weighted by Gasteiger charge is 2.10. The normalized spacial score (nSPS) is 10.4. The molecule has 116 valence electrons. The van der Waals surface area contributed by atoms with E-state index < -0.39 is 6.61 Å². The predicted octanol–water partition coefficient (Wildman–Crippen LogP) is 5.06. The van der Waals surface area contributed by atoms with Crippen LogP contribution in [-0.4, -0.2) is 11.7 Å². The summed E-state index contributed by atoms with van der Waals surface area (Å²) in [5.74, 6) is 0.0180. The zero-order valence-corrected chi connectivity index (χ0v) is 13.1. The first-order chi connectivity index (χ1) is 10.5. The van der Waals surface area contributed by atoms with E-state index in [2.05, 4.69) is 15.4 Å². The minimum Gasteiger partial charge on any atom is -0.433 e. The van der Waals surface area contributed by atoms with Crippen molar-refractivity contribution < 1.29 is 13.5 Å². The van der Waals surface area contributed by atoms with E-state index >= 15 is 0 Å². The van der Waals surface area contributed by atoms with Crippen LogP contribution in [-0.2, 0) is 0 Å². The summed E-state index contributed by atoms with van der Waals surface area (Å²) in [5, 5.41) is 6.65. The van der Waals surface area contributed by atoms with Gasteiger partial charge >= 0.3 is 6.61 Å². The van der Waals surface area contributed by atoms with Gasteiger partial charge in [0.05, 0.1) is 5.69 Å². The molecule has 0 radical (unpaired) electrons. The van der Waals surface area contributed by atoms with Crippen LogP contribution in [0.4, 0.5) is 20.2 Å². The smallest absolute Gasteiger partial charge is 0.387 e. The number of halogens is 3. The molecule has 2 N–H and O–H groups in total. The van der Waals surface area contributed by atoms with E-state index in [1.165, 1.54) is 6.07 Å². The third kappa shape index (κ3) is 4.29. The summed E-state index contributed by atoms with van der Waals surface area (Å²) in [5.41, 5.74) is 1.92. The third-order valence-corrected chi connectivity index (χ3v) is 3.48. The van der Waals surface area contributed by atoms with Crippen molar-refractivity contribution in [3.8, 4) is 5.75 Å². The van der Waals surface area contributed by atoms with E-state index in [1.807, 2.05) is 13.0 Å². The van der Waals surface area contributed by atoms with Gasteiger partial charge in [0.2, 0.25) is 0 Å². The molecule has 0 unspecified atom stereocenters. The molecule has 0 saturated carbocycles. The Hall–Kier alpha value is -1.92. The standard InChI is InChI=1S/C15H13ClF2N2OS/c1-9-10(16)5-4-7-11(9)19-15(22)20-12-6-2-3-8-13(12)21-14(17)18/h2-8,14H,1H3,(H2,19,20,22). The highest BCUT2D eigenvalue weighted by molar-refractivity contribution is 7.80. The Bertz CT molecular complexity index is 682. The minimum absolute atomic E-state index is 0.0180. The zero-order chi connectivity index (χ0) is 16.1. The Labute approximate surface area is 137 Å². The topological polar surface area (TPSA) is 33.3 Å². The number of thiocarbonyl (C=S) groups is 1. The number of nitrogens with one attached hydrogen (secondary N) is 2. The molecule has 0 spiro atoms. The van der Waals surface area contributed by atoms with Gasteiger partial charge in [-0.25, -0.2) is 0 Å². The maximum atomic E-state index is 12.4.